The molecule has 2 rings (SSSR count). The van der Waals surface area contributed by atoms with Gasteiger partial charge in [-0.1, -0.05) is 6.07 Å². The molecule has 0 unspecified atom stereocenters. The molecule has 0 aliphatic carbocycles. The van der Waals surface area contributed by atoms with E-state index in [9.17, 15) is 18.7 Å². The summed E-state index contributed by atoms with van der Waals surface area (Å²) in [7, 11) is 0. The van der Waals surface area contributed by atoms with Gasteiger partial charge in [0.1, 0.15) is 5.75 Å². The van der Waals surface area contributed by atoms with Gasteiger partial charge in [-0.05, 0) is 36.8 Å². The van der Waals surface area contributed by atoms with E-state index in [1.54, 1.807) is 13.0 Å². The van der Waals surface area contributed by atoms with Crippen molar-refractivity contribution in [3.8, 4) is 5.75 Å². The maximum absolute atomic E-state index is 13.0. The van der Waals surface area contributed by atoms with Crippen LogP contribution >= 0.6 is 0 Å². The third-order valence-corrected chi connectivity index (χ3v) is 2.58. The van der Waals surface area contributed by atoms with E-state index in [-0.39, 0.29) is 17.0 Å². The number of hydrogen-bond donors (Lipinski definition) is 2. The highest BCUT2D eigenvalue weighted by Gasteiger charge is 2.12. The molecule has 3 nitrogen and oxygen atoms in total. The van der Waals surface area contributed by atoms with Crippen LogP contribution in [0.15, 0.2) is 36.4 Å². The van der Waals surface area contributed by atoms with Crippen LogP contribution in [0.4, 0.5) is 14.5 Å². The minimum Gasteiger partial charge on any atom is -0.507 e. The highest BCUT2D eigenvalue weighted by molar-refractivity contribution is 6.06. The van der Waals surface area contributed by atoms with Crippen LogP contribution in [-0.2, 0) is 0 Å². The van der Waals surface area contributed by atoms with Gasteiger partial charge in [0.25, 0.3) is 5.91 Å². The first-order valence-electron chi connectivity index (χ1n) is 5.53. The van der Waals surface area contributed by atoms with E-state index in [2.05, 4.69) is 5.32 Å². The summed E-state index contributed by atoms with van der Waals surface area (Å²) >= 11 is 0. The quantitative estimate of drug-likeness (QED) is 0.873. The van der Waals surface area contributed by atoms with E-state index >= 15 is 0 Å². The number of phenols is 1. The fourth-order valence-corrected chi connectivity index (χ4v) is 1.61. The zero-order valence-corrected chi connectivity index (χ0v) is 10.1. The lowest BCUT2D eigenvalue weighted by Crippen LogP contribution is -2.12. The van der Waals surface area contributed by atoms with Crippen LogP contribution in [0.25, 0.3) is 0 Å². The average Bonchev–Trinajstić information content (AvgIpc) is 2.33. The van der Waals surface area contributed by atoms with E-state index in [1.807, 2.05) is 0 Å². The molecule has 19 heavy (non-hydrogen) atoms. The fraction of sp³-hybridized carbons (Fsp3) is 0.0714. The van der Waals surface area contributed by atoms with Crippen molar-refractivity contribution in [2.45, 2.75) is 6.92 Å². The smallest absolute Gasteiger partial charge is 0.259 e. The van der Waals surface area contributed by atoms with Crippen molar-refractivity contribution < 1.29 is 18.7 Å². The van der Waals surface area contributed by atoms with Crippen molar-refractivity contribution in [1.29, 1.82) is 0 Å². The van der Waals surface area contributed by atoms with Gasteiger partial charge in [0.2, 0.25) is 0 Å². The zero-order valence-electron chi connectivity index (χ0n) is 10.1. The molecular weight excluding hydrogens is 252 g/mol. The van der Waals surface area contributed by atoms with Gasteiger partial charge in [0, 0.05) is 11.8 Å². The number of benzene rings is 2. The standard InChI is InChI=1S/C14H11F2NO2/c1-8-2-4-10(13(18)6-8)14(19)17-9-3-5-11(15)12(16)7-9/h2-7,18H,1H3,(H,17,19). The summed E-state index contributed by atoms with van der Waals surface area (Å²) in [5, 5.41) is 12.0. The Kier molecular flexibility index (Phi) is 3.46. The molecule has 0 aliphatic rings. The third-order valence-electron chi connectivity index (χ3n) is 2.58. The summed E-state index contributed by atoms with van der Waals surface area (Å²) in [6.07, 6.45) is 0. The maximum Gasteiger partial charge on any atom is 0.259 e. The number of rotatable bonds is 2. The van der Waals surface area contributed by atoms with Crippen LogP contribution in [0.5, 0.6) is 5.75 Å². The molecule has 0 fully saturated rings. The summed E-state index contributed by atoms with van der Waals surface area (Å²) < 4.78 is 25.7. The van der Waals surface area contributed by atoms with Crippen molar-refractivity contribution in [3.05, 3.63) is 59.2 Å². The number of aromatic hydroxyl groups is 1. The molecule has 0 aliphatic heterocycles. The topological polar surface area (TPSA) is 49.3 Å². The number of carbonyl (C=O) groups excluding carboxylic acids is 1. The van der Waals surface area contributed by atoms with Crippen LogP contribution in [0.1, 0.15) is 15.9 Å². The molecule has 5 heteroatoms. The Morgan fingerprint density at radius 3 is 2.47 bits per heavy atom. The predicted octanol–water partition coefficient (Wildman–Crippen LogP) is 3.23. The lowest BCUT2D eigenvalue weighted by molar-refractivity contribution is 0.102. The normalized spacial score (nSPS) is 10.3. The molecule has 2 aromatic carbocycles. The van der Waals surface area contributed by atoms with Crippen molar-refractivity contribution in [1.82, 2.24) is 0 Å². The van der Waals surface area contributed by atoms with Crippen molar-refractivity contribution in [2.24, 2.45) is 0 Å². The molecule has 0 heterocycles. The fourth-order valence-electron chi connectivity index (χ4n) is 1.61. The number of halogens is 2. The molecule has 0 bridgehead atoms. The lowest BCUT2D eigenvalue weighted by Gasteiger charge is -2.07. The Balaban J connectivity index is 2.23. The molecule has 2 aromatic rings. The van der Waals surface area contributed by atoms with Gasteiger partial charge in [0.05, 0.1) is 5.56 Å². The number of amides is 1. The van der Waals surface area contributed by atoms with Gasteiger partial charge in [-0.15, -0.1) is 0 Å². The Hall–Kier alpha value is -2.43. The zero-order chi connectivity index (χ0) is 14.0. The Bertz CT molecular complexity index is 641. The van der Waals surface area contributed by atoms with Crippen molar-refractivity contribution >= 4 is 11.6 Å². The maximum atomic E-state index is 13.0. The number of phenolic OH excluding ortho intramolecular Hbond substituents is 1. The minimum absolute atomic E-state index is 0.0651. The average molecular weight is 263 g/mol. The van der Waals surface area contributed by atoms with Gasteiger partial charge in [-0.25, -0.2) is 8.78 Å². The summed E-state index contributed by atoms with van der Waals surface area (Å²) in [6, 6.07) is 7.60. The van der Waals surface area contributed by atoms with Crippen LogP contribution in [0, 0.1) is 18.6 Å². The van der Waals surface area contributed by atoms with Gasteiger partial charge in [-0.3, -0.25) is 4.79 Å². The Labute approximate surface area is 108 Å². The summed E-state index contributed by atoms with van der Waals surface area (Å²) in [5.41, 5.74) is 0.987. The largest absolute Gasteiger partial charge is 0.507 e. The van der Waals surface area contributed by atoms with Crippen LogP contribution in [-0.4, -0.2) is 11.0 Å². The highest BCUT2D eigenvalue weighted by Crippen LogP contribution is 2.20. The summed E-state index contributed by atoms with van der Waals surface area (Å²) in [5.74, 6) is -2.80. The number of hydrogen-bond acceptors (Lipinski definition) is 2. The minimum atomic E-state index is -1.05. The van der Waals surface area contributed by atoms with E-state index in [0.29, 0.717) is 0 Å². The Morgan fingerprint density at radius 2 is 1.84 bits per heavy atom. The van der Waals surface area contributed by atoms with E-state index in [1.165, 1.54) is 18.2 Å². The van der Waals surface area contributed by atoms with Crippen LogP contribution in [0.3, 0.4) is 0 Å². The second kappa shape index (κ2) is 5.06. The SMILES string of the molecule is Cc1ccc(C(=O)Nc2ccc(F)c(F)c2)c(O)c1. The molecule has 0 atom stereocenters. The number of aryl methyl sites for hydroxylation is 1. The molecule has 0 aromatic heterocycles. The molecule has 0 spiro atoms. The van der Waals surface area contributed by atoms with E-state index in [4.69, 9.17) is 0 Å². The Morgan fingerprint density at radius 1 is 1.11 bits per heavy atom. The number of carbonyl (C=O) groups is 1. The molecule has 0 saturated heterocycles. The first-order valence-corrected chi connectivity index (χ1v) is 5.53. The third kappa shape index (κ3) is 2.88. The monoisotopic (exact) mass is 263 g/mol. The van der Waals surface area contributed by atoms with Crippen LogP contribution < -0.4 is 5.32 Å². The second-order valence-corrected chi connectivity index (χ2v) is 4.10. The lowest BCUT2D eigenvalue weighted by atomic mass is 10.1. The van der Waals surface area contributed by atoms with E-state index in [0.717, 1.165) is 17.7 Å². The molecule has 2 N–H and O–H groups in total. The molecule has 1 amide bonds. The molecule has 0 radical (unpaired) electrons. The second-order valence-electron chi connectivity index (χ2n) is 4.10. The first-order chi connectivity index (χ1) is 8.97. The number of anilines is 1. The highest BCUT2D eigenvalue weighted by atomic mass is 19.2. The molecule has 0 saturated carbocycles. The summed E-state index contributed by atoms with van der Waals surface area (Å²) in [6.45, 7) is 1.77. The van der Waals surface area contributed by atoms with Gasteiger partial charge in [-0.2, -0.15) is 0 Å². The van der Waals surface area contributed by atoms with Gasteiger partial charge < -0.3 is 10.4 Å². The van der Waals surface area contributed by atoms with E-state index < -0.39 is 17.5 Å². The van der Waals surface area contributed by atoms with Crippen molar-refractivity contribution in [2.75, 3.05) is 5.32 Å². The number of nitrogens with one attached hydrogen (secondary N) is 1. The molecular formula is C14H11F2NO2. The van der Waals surface area contributed by atoms with Gasteiger partial charge in [0.15, 0.2) is 11.6 Å². The van der Waals surface area contributed by atoms with Crippen molar-refractivity contribution in [3.63, 3.8) is 0 Å². The first kappa shape index (κ1) is 13.0. The predicted molar refractivity (Wildman–Crippen MR) is 67.2 cm³/mol. The molecule has 98 valence electrons. The van der Waals surface area contributed by atoms with Gasteiger partial charge >= 0.3 is 0 Å². The van der Waals surface area contributed by atoms with Crippen LogP contribution in [0.2, 0.25) is 0 Å². The summed E-state index contributed by atoms with van der Waals surface area (Å²) in [4.78, 5) is 11.9.